The third kappa shape index (κ3) is 2.27. The molecule has 5 nitrogen and oxygen atoms in total. The van der Waals surface area contributed by atoms with Crippen molar-refractivity contribution in [3.05, 3.63) is 16.1 Å². The van der Waals surface area contributed by atoms with Crippen molar-refractivity contribution < 1.29 is 4.79 Å². The number of thiazole rings is 1. The van der Waals surface area contributed by atoms with Gasteiger partial charge in [0.05, 0.1) is 6.54 Å². The Hall–Kier alpha value is -1.14. The number of aryl methyl sites for hydroxylation is 1. The number of rotatable bonds is 2. The second kappa shape index (κ2) is 4.16. The predicted molar refractivity (Wildman–Crippen MR) is 58.2 cm³/mol. The molecule has 6 heteroatoms. The summed E-state index contributed by atoms with van der Waals surface area (Å²) in [6, 6.07) is -0.103. The van der Waals surface area contributed by atoms with Gasteiger partial charge in [0.1, 0.15) is 5.01 Å². The molecule has 82 valence electrons. The topological polar surface area (TPSA) is 62.5 Å². The van der Waals surface area contributed by atoms with E-state index in [2.05, 4.69) is 4.98 Å². The molecule has 2 rings (SSSR count). The fraction of sp³-hybridized carbons (Fsp3) is 0.556. The first kappa shape index (κ1) is 10.4. The van der Waals surface area contributed by atoms with Crippen LogP contribution in [0.2, 0.25) is 0 Å². The number of urea groups is 1. The van der Waals surface area contributed by atoms with E-state index in [1.165, 1.54) is 5.01 Å². The molecular weight excluding hydrogens is 212 g/mol. The normalized spacial score (nSPS) is 17.3. The summed E-state index contributed by atoms with van der Waals surface area (Å²) in [4.78, 5) is 17.7. The zero-order valence-corrected chi connectivity index (χ0v) is 9.46. The number of hydrogen-bond acceptors (Lipinski definition) is 4. The van der Waals surface area contributed by atoms with Gasteiger partial charge >= 0.3 is 6.03 Å². The quantitative estimate of drug-likeness (QED) is 0.603. The van der Waals surface area contributed by atoms with Crippen LogP contribution in [0.4, 0.5) is 4.79 Å². The largest absolute Gasteiger partial charge is 0.334 e. The summed E-state index contributed by atoms with van der Waals surface area (Å²) < 4.78 is 0. The first-order valence-corrected chi connectivity index (χ1v) is 5.77. The monoisotopic (exact) mass is 226 g/mol. The van der Waals surface area contributed by atoms with Crippen molar-refractivity contribution >= 4 is 17.4 Å². The number of carbonyl (C=O) groups excluding carboxylic acids is 1. The van der Waals surface area contributed by atoms with Crippen LogP contribution >= 0.6 is 11.3 Å². The Morgan fingerprint density at radius 1 is 1.60 bits per heavy atom. The highest BCUT2D eigenvalue weighted by Crippen LogP contribution is 2.14. The number of hydrazine groups is 1. The third-order valence-electron chi connectivity index (χ3n) is 2.34. The van der Waals surface area contributed by atoms with E-state index in [4.69, 9.17) is 5.84 Å². The van der Waals surface area contributed by atoms with E-state index in [9.17, 15) is 4.79 Å². The van der Waals surface area contributed by atoms with Crippen LogP contribution in [-0.2, 0) is 6.54 Å². The first-order valence-electron chi connectivity index (χ1n) is 4.89. The van der Waals surface area contributed by atoms with Crippen LogP contribution in [0.25, 0.3) is 0 Å². The zero-order chi connectivity index (χ0) is 10.8. The molecule has 0 radical (unpaired) electrons. The maximum Gasteiger partial charge on any atom is 0.334 e. The Kier molecular flexibility index (Phi) is 2.88. The van der Waals surface area contributed by atoms with E-state index in [-0.39, 0.29) is 6.03 Å². The lowest BCUT2D eigenvalue weighted by molar-refractivity contribution is 0.127. The van der Waals surface area contributed by atoms with Gasteiger partial charge in [-0.3, -0.25) is 5.01 Å². The van der Waals surface area contributed by atoms with Gasteiger partial charge in [0.25, 0.3) is 0 Å². The zero-order valence-electron chi connectivity index (χ0n) is 8.64. The molecule has 2 amide bonds. The molecule has 1 aromatic rings. The van der Waals surface area contributed by atoms with E-state index >= 15 is 0 Å². The molecule has 2 heterocycles. The smallest absolute Gasteiger partial charge is 0.317 e. The van der Waals surface area contributed by atoms with Crippen LogP contribution < -0.4 is 5.84 Å². The number of hydrogen-bond donors (Lipinski definition) is 1. The van der Waals surface area contributed by atoms with E-state index in [0.717, 1.165) is 23.7 Å². The van der Waals surface area contributed by atoms with E-state index in [0.29, 0.717) is 13.1 Å². The van der Waals surface area contributed by atoms with Crippen molar-refractivity contribution in [3.63, 3.8) is 0 Å². The summed E-state index contributed by atoms with van der Waals surface area (Å²) in [6.07, 6.45) is 0.923. The van der Waals surface area contributed by atoms with Crippen molar-refractivity contribution in [1.82, 2.24) is 14.9 Å². The molecule has 1 saturated heterocycles. The molecule has 0 saturated carbocycles. The van der Waals surface area contributed by atoms with Gasteiger partial charge in [-0.05, 0) is 13.3 Å². The molecule has 0 aromatic carbocycles. The standard InChI is InChI=1S/C9H14N4OS/c1-7-6-15-8(11-7)5-12-3-2-4-13(10)9(12)14/h6H,2-5,10H2,1H3. The molecule has 0 bridgehead atoms. The number of carbonyl (C=O) groups is 1. The van der Waals surface area contributed by atoms with Crippen LogP contribution in [0.1, 0.15) is 17.1 Å². The van der Waals surface area contributed by atoms with E-state index in [1.54, 1.807) is 16.2 Å². The van der Waals surface area contributed by atoms with Crippen molar-refractivity contribution in [1.29, 1.82) is 0 Å². The Morgan fingerprint density at radius 3 is 3.07 bits per heavy atom. The molecule has 2 N–H and O–H groups in total. The summed E-state index contributed by atoms with van der Waals surface area (Å²) >= 11 is 1.58. The summed E-state index contributed by atoms with van der Waals surface area (Å²) in [5.74, 6) is 5.55. The highest BCUT2D eigenvalue weighted by atomic mass is 32.1. The maximum atomic E-state index is 11.6. The maximum absolute atomic E-state index is 11.6. The number of nitrogens with two attached hydrogens (primary N) is 1. The van der Waals surface area contributed by atoms with Crippen LogP contribution in [0.15, 0.2) is 5.38 Å². The molecule has 1 aliphatic rings. The minimum absolute atomic E-state index is 0.103. The van der Waals surface area contributed by atoms with Crippen molar-refractivity contribution in [2.24, 2.45) is 5.84 Å². The van der Waals surface area contributed by atoms with Crippen molar-refractivity contribution in [2.75, 3.05) is 13.1 Å². The Labute approximate surface area is 92.5 Å². The van der Waals surface area contributed by atoms with Gasteiger partial charge in [0.15, 0.2) is 0 Å². The average molecular weight is 226 g/mol. The van der Waals surface area contributed by atoms with E-state index < -0.39 is 0 Å². The average Bonchev–Trinajstić information content (AvgIpc) is 2.59. The highest BCUT2D eigenvalue weighted by Gasteiger charge is 2.23. The van der Waals surface area contributed by atoms with Crippen LogP contribution in [0.3, 0.4) is 0 Å². The van der Waals surface area contributed by atoms with Gasteiger partial charge in [0, 0.05) is 24.2 Å². The third-order valence-corrected chi connectivity index (χ3v) is 3.29. The van der Waals surface area contributed by atoms with Crippen LogP contribution in [0.5, 0.6) is 0 Å². The predicted octanol–water partition coefficient (Wildman–Crippen LogP) is 0.953. The lowest BCUT2D eigenvalue weighted by Gasteiger charge is -2.32. The Morgan fingerprint density at radius 2 is 2.40 bits per heavy atom. The first-order chi connectivity index (χ1) is 7.16. The lowest BCUT2D eigenvalue weighted by Crippen LogP contribution is -2.52. The number of amides is 2. The molecule has 1 fully saturated rings. The van der Waals surface area contributed by atoms with Gasteiger partial charge in [-0.2, -0.15) is 0 Å². The molecule has 1 aromatic heterocycles. The van der Waals surface area contributed by atoms with Gasteiger partial charge in [-0.25, -0.2) is 15.6 Å². The van der Waals surface area contributed by atoms with Crippen LogP contribution in [0, 0.1) is 6.92 Å². The number of aromatic nitrogens is 1. The molecule has 0 unspecified atom stereocenters. The van der Waals surface area contributed by atoms with Crippen molar-refractivity contribution in [3.8, 4) is 0 Å². The lowest BCUT2D eigenvalue weighted by atomic mass is 10.3. The fourth-order valence-electron chi connectivity index (χ4n) is 1.59. The van der Waals surface area contributed by atoms with Gasteiger partial charge in [-0.1, -0.05) is 0 Å². The van der Waals surface area contributed by atoms with Crippen LogP contribution in [-0.4, -0.2) is 34.0 Å². The summed E-state index contributed by atoms with van der Waals surface area (Å²) in [5.41, 5.74) is 1.00. The minimum atomic E-state index is -0.103. The molecule has 1 aliphatic heterocycles. The SMILES string of the molecule is Cc1csc(CN2CCCN(N)C2=O)n1. The molecule has 0 atom stereocenters. The summed E-state index contributed by atoms with van der Waals surface area (Å²) in [6.45, 7) is 3.94. The molecular formula is C9H14N4OS. The highest BCUT2D eigenvalue weighted by molar-refractivity contribution is 7.09. The minimum Gasteiger partial charge on any atom is -0.317 e. The Bertz CT molecular complexity index is 365. The van der Waals surface area contributed by atoms with Crippen molar-refractivity contribution in [2.45, 2.75) is 19.9 Å². The summed E-state index contributed by atoms with van der Waals surface area (Å²) in [5, 5.41) is 4.23. The molecule has 0 spiro atoms. The van der Waals surface area contributed by atoms with Gasteiger partial charge < -0.3 is 4.90 Å². The summed E-state index contributed by atoms with van der Waals surface area (Å²) in [7, 11) is 0. The van der Waals surface area contributed by atoms with E-state index in [1.807, 2.05) is 12.3 Å². The fourth-order valence-corrected chi connectivity index (χ4v) is 2.38. The second-order valence-corrected chi connectivity index (χ2v) is 4.58. The molecule has 15 heavy (non-hydrogen) atoms. The molecule has 0 aliphatic carbocycles. The Balaban J connectivity index is 2.02. The van der Waals surface area contributed by atoms with Gasteiger partial charge in [0.2, 0.25) is 0 Å². The number of nitrogens with zero attached hydrogens (tertiary/aromatic N) is 3. The second-order valence-electron chi connectivity index (χ2n) is 3.63. The van der Waals surface area contributed by atoms with Gasteiger partial charge in [-0.15, -0.1) is 11.3 Å².